The fourth-order valence-corrected chi connectivity index (χ4v) is 2.86. The first-order valence-corrected chi connectivity index (χ1v) is 6.08. The fraction of sp³-hybridized carbons (Fsp3) is 0.429. The molecular formula is C14H18N2O. The molecule has 1 aliphatic rings. The molecule has 0 saturated carbocycles. The van der Waals surface area contributed by atoms with E-state index in [0.29, 0.717) is 0 Å². The Morgan fingerprint density at radius 2 is 2.18 bits per heavy atom. The molecule has 17 heavy (non-hydrogen) atoms. The van der Waals surface area contributed by atoms with Crippen LogP contribution < -0.4 is 10.1 Å². The molecule has 3 heteroatoms. The number of methoxy groups -OCH3 is 1. The van der Waals surface area contributed by atoms with Gasteiger partial charge in [0, 0.05) is 43.7 Å². The Kier molecular flexibility index (Phi) is 2.37. The third-order valence-electron chi connectivity index (χ3n) is 3.79. The molecule has 0 unspecified atom stereocenters. The molecule has 0 spiro atoms. The summed E-state index contributed by atoms with van der Waals surface area (Å²) >= 11 is 0. The first kappa shape index (κ1) is 10.7. The largest absolute Gasteiger partial charge is 0.496 e. The monoisotopic (exact) mass is 230 g/mol. The van der Waals surface area contributed by atoms with Crippen LogP contribution in [0.1, 0.15) is 16.8 Å². The summed E-state index contributed by atoms with van der Waals surface area (Å²) in [5.74, 6) is 0.975. The van der Waals surface area contributed by atoms with Crippen molar-refractivity contribution in [1.82, 2.24) is 9.88 Å². The van der Waals surface area contributed by atoms with Crippen LogP contribution in [0.3, 0.4) is 0 Å². The average Bonchev–Trinajstić information content (AvgIpc) is 2.63. The average molecular weight is 230 g/mol. The zero-order valence-electron chi connectivity index (χ0n) is 10.6. The molecule has 0 radical (unpaired) electrons. The minimum Gasteiger partial charge on any atom is -0.496 e. The van der Waals surface area contributed by atoms with Crippen molar-refractivity contribution in [1.29, 1.82) is 0 Å². The van der Waals surface area contributed by atoms with Crippen LogP contribution in [0.2, 0.25) is 0 Å². The fourth-order valence-electron chi connectivity index (χ4n) is 2.86. The Balaban J connectivity index is 2.34. The second kappa shape index (κ2) is 3.77. The number of nitrogens with zero attached hydrogens (tertiary/aromatic N) is 1. The number of aromatic nitrogens is 1. The van der Waals surface area contributed by atoms with Gasteiger partial charge >= 0.3 is 0 Å². The SMILES string of the molecule is COc1cc2c(cc1C)c1c(n2C)CCNC1. The predicted molar refractivity (Wildman–Crippen MR) is 69.6 cm³/mol. The van der Waals surface area contributed by atoms with Crippen molar-refractivity contribution < 1.29 is 4.74 Å². The van der Waals surface area contributed by atoms with E-state index >= 15 is 0 Å². The lowest BCUT2D eigenvalue weighted by Crippen LogP contribution is -2.24. The molecule has 2 aromatic rings. The normalized spacial score (nSPS) is 15.0. The van der Waals surface area contributed by atoms with Gasteiger partial charge < -0.3 is 14.6 Å². The highest BCUT2D eigenvalue weighted by atomic mass is 16.5. The van der Waals surface area contributed by atoms with Gasteiger partial charge in [-0.15, -0.1) is 0 Å². The van der Waals surface area contributed by atoms with E-state index in [4.69, 9.17) is 4.74 Å². The molecule has 1 aliphatic heterocycles. The molecule has 1 N–H and O–H groups in total. The highest BCUT2D eigenvalue weighted by Gasteiger charge is 2.18. The molecule has 0 aliphatic carbocycles. The number of aryl methyl sites for hydroxylation is 2. The van der Waals surface area contributed by atoms with Crippen LogP contribution >= 0.6 is 0 Å². The summed E-state index contributed by atoms with van der Waals surface area (Å²) in [5.41, 5.74) is 5.41. The number of fused-ring (bicyclic) bond motifs is 3. The van der Waals surface area contributed by atoms with Gasteiger partial charge in [-0.1, -0.05) is 0 Å². The van der Waals surface area contributed by atoms with Gasteiger partial charge in [-0.3, -0.25) is 0 Å². The summed E-state index contributed by atoms with van der Waals surface area (Å²) in [6.07, 6.45) is 1.11. The van der Waals surface area contributed by atoms with Gasteiger partial charge in [0.15, 0.2) is 0 Å². The van der Waals surface area contributed by atoms with E-state index < -0.39 is 0 Å². The van der Waals surface area contributed by atoms with Crippen LogP contribution in [0.5, 0.6) is 5.75 Å². The highest BCUT2D eigenvalue weighted by Crippen LogP contribution is 2.32. The van der Waals surface area contributed by atoms with Gasteiger partial charge in [0.05, 0.1) is 12.6 Å². The maximum absolute atomic E-state index is 5.41. The van der Waals surface area contributed by atoms with E-state index in [2.05, 4.69) is 36.0 Å². The van der Waals surface area contributed by atoms with Crippen LogP contribution in [0.4, 0.5) is 0 Å². The van der Waals surface area contributed by atoms with Crippen molar-refractivity contribution in [3.8, 4) is 5.75 Å². The van der Waals surface area contributed by atoms with Crippen LogP contribution in [0.25, 0.3) is 10.9 Å². The maximum Gasteiger partial charge on any atom is 0.123 e. The minimum absolute atomic E-state index is 0.975. The van der Waals surface area contributed by atoms with E-state index in [9.17, 15) is 0 Å². The summed E-state index contributed by atoms with van der Waals surface area (Å²) in [5, 5.41) is 4.82. The molecule has 0 saturated heterocycles. The van der Waals surface area contributed by atoms with Gasteiger partial charge in [0.25, 0.3) is 0 Å². The number of hydrogen-bond acceptors (Lipinski definition) is 2. The van der Waals surface area contributed by atoms with Gasteiger partial charge in [-0.2, -0.15) is 0 Å². The zero-order chi connectivity index (χ0) is 12.0. The molecule has 0 fully saturated rings. The van der Waals surface area contributed by atoms with Gasteiger partial charge in [-0.25, -0.2) is 0 Å². The number of hydrogen-bond donors (Lipinski definition) is 1. The van der Waals surface area contributed by atoms with E-state index in [0.717, 1.165) is 25.3 Å². The van der Waals surface area contributed by atoms with Crippen LogP contribution in [-0.4, -0.2) is 18.2 Å². The van der Waals surface area contributed by atoms with E-state index in [1.54, 1.807) is 7.11 Å². The molecular weight excluding hydrogens is 212 g/mol. The van der Waals surface area contributed by atoms with Crippen LogP contribution in [0.15, 0.2) is 12.1 Å². The lowest BCUT2D eigenvalue weighted by atomic mass is 10.0. The first-order valence-electron chi connectivity index (χ1n) is 6.08. The molecule has 3 nitrogen and oxygen atoms in total. The van der Waals surface area contributed by atoms with Crippen molar-refractivity contribution in [2.75, 3.05) is 13.7 Å². The third-order valence-corrected chi connectivity index (χ3v) is 3.79. The number of ether oxygens (including phenoxy) is 1. The summed E-state index contributed by atoms with van der Waals surface area (Å²) in [4.78, 5) is 0. The predicted octanol–water partition coefficient (Wildman–Crippen LogP) is 2.14. The topological polar surface area (TPSA) is 26.2 Å². The Morgan fingerprint density at radius 3 is 2.94 bits per heavy atom. The van der Waals surface area contributed by atoms with Crippen molar-refractivity contribution in [2.24, 2.45) is 7.05 Å². The molecule has 1 aromatic carbocycles. The Bertz CT molecular complexity index is 584. The molecule has 0 atom stereocenters. The minimum atomic E-state index is 0.975. The second-order valence-corrected chi connectivity index (χ2v) is 4.75. The summed E-state index contributed by atoms with van der Waals surface area (Å²) < 4.78 is 7.72. The molecule has 1 aromatic heterocycles. The van der Waals surface area contributed by atoms with Crippen LogP contribution in [0, 0.1) is 6.92 Å². The lowest BCUT2D eigenvalue weighted by molar-refractivity contribution is 0.412. The summed E-state index contributed by atoms with van der Waals surface area (Å²) in [6, 6.07) is 4.41. The van der Waals surface area contributed by atoms with Crippen molar-refractivity contribution in [2.45, 2.75) is 19.9 Å². The molecule has 0 amide bonds. The first-order chi connectivity index (χ1) is 8.22. The lowest BCUT2D eigenvalue weighted by Gasteiger charge is -2.14. The summed E-state index contributed by atoms with van der Waals surface area (Å²) in [6.45, 7) is 4.17. The summed E-state index contributed by atoms with van der Waals surface area (Å²) in [7, 11) is 3.89. The van der Waals surface area contributed by atoms with Gasteiger partial charge in [0.2, 0.25) is 0 Å². The van der Waals surface area contributed by atoms with Crippen LogP contribution in [-0.2, 0) is 20.0 Å². The maximum atomic E-state index is 5.41. The highest BCUT2D eigenvalue weighted by molar-refractivity contribution is 5.88. The second-order valence-electron chi connectivity index (χ2n) is 4.75. The Hall–Kier alpha value is -1.48. The number of benzene rings is 1. The standard InChI is InChI=1S/C14H18N2O/c1-9-6-10-11-8-15-5-4-12(11)16(2)13(10)7-14(9)17-3/h6-7,15H,4-5,8H2,1-3H3. The smallest absolute Gasteiger partial charge is 0.123 e. The zero-order valence-corrected chi connectivity index (χ0v) is 10.6. The van der Waals surface area contributed by atoms with Crippen molar-refractivity contribution >= 4 is 10.9 Å². The molecule has 3 rings (SSSR count). The number of nitrogens with one attached hydrogen (secondary N) is 1. The number of rotatable bonds is 1. The van der Waals surface area contributed by atoms with Crippen molar-refractivity contribution in [3.05, 3.63) is 29.0 Å². The van der Waals surface area contributed by atoms with Gasteiger partial charge in [0.1, 0.15) is 5.75 Å². The van der Waals surface area contributed by atoms with Gasteiger partial charge in [-0.05, 0) is 24.1 Å². The third kappa shape index (κ3) is 1.46. The Labute approximate surface area is 101 Å². The molecule has 90 valence electrons. The molecule has 0 bridgehead atoms. The quantitative estimate of drug-likeness (QED) is 0.812. The van der Waals surface area contributed by atoms with E-state index in [1.807, 2.05) is 0 Å². The van der Waals surface area contributed by atoms with Crippen molar-refractivity contribution in [3.63, 3.8) is 0 Å². The van der Waals surface area contributed by atoms with E-state index in [1.165, 1.54) is 27.7 Å². The Morgan fingerprint density at radius 1 is 1.35 bits per heavy atom. The van der Waals surface area contributed by atoms with E-state index in [-0.39, 0.29) is 0 Å². The molecule has 2 heterocycles.